The zero-order chi connectivity index (χ0) is 17.8. The van der Waals surface area contributed by atoms with Crippen molar-refractivity contribution < 1.29 is 4.43 Å². The van der Waals surface area contributed by atoms with Crippen molar-refractivity contribution in [3.63, 3.8) is 0 Å². The Kier molecular flexibility index (Phi) is 10.6. The average Bonchev–Trinajstić information content (AvgIpc) is 2.52. The lowest BCUT2D eigenvalue weighted by Crippen LogP contribution is -2.28. The van der Waals surface area contributed by atoms with Crippen molar-refractivity contribution in [1.29, 1.82) is 0 Å². The Balaban J connectivity index is 2.06. The molecule has 2 nitrogen and oxygen atoms in total. The van der Waals surface area contributed by atoms with E-state index in [1.54, 1.807) is 0 Å². The smallest absolute Gasteiger partial charge is 0.170 e. The summed E-state index contributed by atoms with van der Waals surface area (Å²) in [5.41, 5.74) is 1.80. The average molecular weight is 350 g/mol. The number of unbranched alkanes of at least 4 members (excludes halogenated alkanes) is 1. The highest BCUT2D eigenvalue weighted by atomic mass is 28.3. The summed E-state index contributed by atoms with van der Waals surface area (Å²) in [6, 6.07) is 10.8. The molecule has 0 radical (unpaired) electrons. The molecule has 0 saturated heterocycles. The number of rotatable bonds is 12. The van der Waals surface area contributed by atoms with Gasteiger partial charge < -0.3 is 9.74 Å². The van der Waals surface area contributed by atoms with Crippen molar-refractivity contribution in [3.8, 4) is 0 Å². The molecule has 0 spiro atoms. The summed E-state index contributed by atoms with van der Waals surface area (Å²) in [7, 11) is -0.901. The number of nitrogens with one attached hydrogen (secondary N) is 1. The molecule has 1 N–H and O–H groups in total. The van der Waals surface area contributed by atoms with Gasteiger partial charge in [0, 0.05) is 6.61 Å². The Morgan fingerprint density at radius 2 is 1.67 bits per heavy atom. The van der Waals surface area contributed by atoms with Gasteiger partial charge in [0.25, 0.3) is 0 Å². The summed E-state index contributed by atoms with van der Waals surface area (Å²) in [4.78, 5) is 0. The number of aryl methyl sites for hydroxylation is 1. The third-order valence-corrected chi connectivity index (χ3v) is 5.53. The Hall–Kier alpha value is -0.643. The topological polar surface area (TPSA) is 21.3 Å². The zero-order valence-corrected chi connectivity index (χ0v) is 17.8. The third-order valence-electron chi connectivity index (χ3n) is 4.67. The molecular formula is C21H39NOSi. The van der Waals surface area contributed by atoms with E-state index >= 15 is 0 Å². The summed E-state index contributed by atoms with van der Waals surface area (Å²) < 4.78 is 6.00. The quantitative estimate of drug-likeness (QED) is 0.421. The van der Waals surface area contributed by atoms with E-state index < -0.39 is 9.04 Å². The standard InChI is InChI=1S/C21H39NOSi/c1-21(2,3)20(18-23-24(4)5)15-11-17-22-16-10-9-14-19-12-7-6-8-13-19/h6-8,12-13,20,22,24H,9-11,14-18H2,1-5H3/t20-/m0/s1. The van der Waals surface area contributed by atoms with Crippen LogP contribution < -0.4 is 5.32 Å². The van der Waals surface area contributed by atoms with Gasteiger partial charge in [-0.2, -0.15) is 0 Å². The van der Waals surface area contributed by atoms with E-state index in [9.17, 15) is 0 Å². The molecule has 0 amide bonds. The number of benzene rings is 1. The first-order valence-electron chi connectivity index (χ1n) is 9.76. The van der Waals surface area contributed by atoms with Crippen molar-refractivity contribution in [2.45, 2.75) is 66.0 Å². The molecule has 1 aromatic rings. The van der Waals surface area contributed by atoms with Crippen LogP contribution in [0.5, 0.6) is 0 Å². The lowest BCUT2D eigenvalue weighted by molar-refractivity contribution is 0.136. The normalized spacial score (nSPS) is 13.4. The van der Waals surface area contributed by atoms with Gasteiger partial charge >= 0.3 is 0 Å². The van der Waals surface area contributed by atoms with E-state index in [0.717, 1.165) is 19.7 Å². The highest BCUT2D eigenvalue weighted by Gasteiger charge is 2.24. The second-order valence-electron chi connectivity index (χ2n) is 8.28. The number of hydrogen-bond donors (Lipinski definition) is 1. The summed E-state index contributed by atoms with van der Waals surface area (Å²) in [6.07, 6.45) is 6.25. The predicted octanol–water partition coefficient (Wildman–Crippen LogP) is 5.04. The first kappa shape index (κ1) is 21.4. The van der Waals surface area contributed by atoms with Gasteiger partial charge in [0.1, 0.15) is 0 Å². The SMILES string of the molecule is C[SiH](C)OC[C@H](CCCNCCCCc1ccccc1)C(C)(C)C. The summed E-state index contributed by atoms with van der Waals surface area (Å²) in [5.74, 6) is 0.673. The molecule has 1 aromatic carbocycles. The second-order valence-corrected chi connectivity index (χ2v) is 10.7. The van der Waals surface area contributed by atoms with Crippen molar-refractivity contribution in [2.24, 2.45) is 11.3 Å². The van der Waals surface area contributed by atoms with E-state index in [4.69, 9.17) is 4.43 Å². The maximum absolute atomic E-state index is 6.00. The molecule has 0 aliphatic heterocycles. The van der Waals surface area contributed by atoms with Crippen molar-refractivity contribution in [3.05, 3.63) is 35.9 Å². The van der Waals surface area contributed by atoms with E-state index in [2.05, 4.69) is 69.5 Å². The van der Waals surface area contributed by atoms with Crippen LogP contribution in [-0.2, 0) is 10.8 Å². The zero-order valence-electron chi connectivity index (χ0n) is 16.6. The minimum Gasteiger partial charge on any atom is -0.420 e. The highest BCUT2D eigenvalue weighted by Crippen LogP contribution is 2.30. The van der Waals surface area contributed by atoms with Gasteiger partial charge in [-0.15, -0.1) is 0 Å². The molecule has 138 valence electrons. The Bertz CT molecular complexity index is 414. The fraction of sp³-hybridized carbons (Fsp3) is 0.714. The Labute approximate surface area is 152 Å². The van der Waals surface area contributed by atoms with Gasteiger partial charge in [0.2, 0.25) is 0 Å². The molecule has 1 rings (SSSR count). The highest BCUT2D eigenvalue weighted by molar-refractivity contribution is 6.48. The van der Waals surface area contributed by atoms with Crippen LogP contribution in [0.25, 0.3) is 0 Å². The van der Waals surface area contributed by atoms with E-state index in [-0.39, 0.29) is 0 Å². The van der Waals surface area contributed by atoms with Gasteiger partial charge in [-0.3, -0.25) is 0 Å². The van der Waals surface area contributed by atoms with Crippen LogP contribution in [-0.4, -0.2) is 28.7 Å². The van der Waals surface area contributed by atoms with E-state index in [1.807, 2.05) is 0 Å². The monoisotopic (exact) mass is 349 g/mol. The molecule has 0 unspecified atom stereocenters. The van der Waals surface area contributed by atoms with Gasteiger partial charge in [0.15, 0.2) is 9.04 Å². The second kappa shape index (κ2) is 11.8. The Morgan fingerprint density at radius 1 is 1.00 bits per heavy atom. The fourth-order valence-electron chi connectivity index (χ4n) is 2.90. The molecule has 0 saturated carbocycles. The fourth-order valence-corrected chi connectivity index (χ4v) is 3.51. The molecule has 3 heteroatoms. The maximum atomic E-state index is 6.00. The Morgan fingerprint density at radius 3 is 2.29 bits per heavy atom. The minimum absolute atomic E-state index is 0.346. The van der Waals surface area contributed by atoms with Gasteiger partial charge in [-0.25, -0.2) is 0 Å². The molecule has 0 aromatic heterocycles. The summed E-state index contributed by atoms with van der Waals surface area (Å²) in [5, 5.41) is 3.61. The lowest BCUT2D eigenvalue weighted by atomic mass is 9.78. The first-order valence-corrected chi connectivity index (χ1v) is 12.5. The van der Waals surface area contributed by atoms with Crippen LogP contribution >= 0.6 is 0 Å². The molecular weight excluding hydrogens is 310 g/mol. The van der Waals surface area contributed by atoms with Crippen LogP contribution in [0.2, 0.25) is 13.1 Å². The van der Waals surface area contributed by atoms with Gasteiger partial charge in [-0.1, -0.05) is 51.1 Å². The third kappa shape index (κ3) is 10.3. The van der Waals surface area contributed by atoms with Crippen LogP contribution in [0.1, 0.15) is 52.0 Å². The first-order chi connectivity index (χ1) is 11.4. The molecule has 0 heterocycles. The number of hydrogen-bond acceptors (Lipinski definition) is 2. The largest absolute Gasteiger partial charge is 0.420 e. The van der Waals surface area contributed by atoms with E-state index in [0.29, 0.717) is 11.3 Å². The molecule has 0 bridgehead atoms. The van der Waals surface area contributed by atoms with Gasteiger partial charge in [-0.05, 0) is 75.2 Å². The summed E-state index contributed by atoms with van der Waals surface area (Å²) >= 11 is 0. The van der Waals surface area contributed by atoms with Crippen molar-refractivity contribution >= 4 is 9.04 Å². The maximum Gasteiger partial charge on any atom is 0.170 e. The van der Waals surface area contributed by atoms with Crippen LogP contribution in [0.3, 0.4) is 0 Å². The molecule has 0 aliphatic carbocycles. The molecule has 0 fully saturated rings. The van der Waals surface area contributed by atoms with Crippen LogP contribution in [0.4, 0.5) is 0 Å². The van der Waals surface area contributed by atoms with E-state index in [1.165, 1.54) is 37.7 Å². The van der Waals surface area contributed by atoms with Gasteiger partial charge in [0.05, 0.1) is 0 Å². The molecule has 0 aliphatic rings. The van der Waals surface area contributed by atoms with Crippen molar-refractivity contribution in [1.82, 2.24) is 5.32 Å². The molecule has 1 atom stereocenters. The lowest BCUT2D eigenvalue weighted by Gasteiger charge is -2.31. The summed E-state index contributed by atoms with van der Waals surface area (Å²) in [6.45, 7) is 14.8. The van der Waals surface area contributed by atoms with Crippen LogP contribution in [0, 0.1) is 11.3 Å². The molecule has 24 heavy (non-hydrogen) atoms. The predicted molar refractivity (Wildman–Crippen MR) is 109 cm³/mol. The minimum atomic E-state index is -0.901. The van der Waals surface area contributed by atoms with Crippen molar-refractivity contribution in [2.75, 3.05) is 19.7 Å². The van der Waals surface area contributed by atoms with Crippen LogP contribution in [0.15, 0.2) is 30.3 Å².